The molecule has 0 fully saturated rings. The second kappa shape index (κ2) is 7.20. The number of nitrogens with one attached hydrogen (secondary N) is 1. The van der Waals surface area contributed by atoms with Gasteiger partial charge in [0.15, 0.2) is 0 Å². The lowest BCUT2D eigenvalue weighted by atomic mass is 10.1. The molecule has 2 N–H and O–H groups in total. The molecule has 7 nitrogen and oxygen atoms in total. The third kappa shape index (κ3) is 3.43. The quantitative estimate of drug-likeness (QED) is 0.711. The van der Waals surface area contributed by atoms with Gasteiger partial charge in [-0.25, -0.2) is 9.98 Å². The van der Waals surface area contributed by atoms with Crippen molar-refractivity contribution in [2.24, 2.45) is 9.98 Å². The Morgan fingerprint density at radius 3 is 2.89 bits per heavy atom. The molecular weight excluding hydrogens is 422 g/mol. The first kappa shape index (κ1) is 18.4. The van der Waals surface area contributed by atoms with Gasteiger partial charge in [0.1, 0.15) is 23.2 Å². The normalized spacial score (nSPS) is 15.5. The summed E-state index contributed by atoms with van der Waals surface area (Å²) in [4.78, 5) is 26.6. The van der Waals surface area contributed by atoms with E-state index in [4.69, 9.17) is 4.99 Å². The Bertz CT molecular complexity index is 1060. The summed E-state index contributed by atoms with van der Waals surface area (Å²) in [5, 5.41) is 13.2. The van der Waals surface area contributed by atoms with Crippen LogP contribution in [0.1, 0.15) is 23.6 Å². The highest BCUT2D eigenvalue weighted by Crippen LogP contribution is 2.36. The molecule has 0 bridgehead atoms. The van der Waals surface area contributed by atoms with Gasteiger partial charge in [-0.15, -0.1) is 0 Å². The number of carbonyl (C=O) groups is 1. The van der Waals surface area contributed by atoms with E-state index in [1.54, 1.807) is 18.2 Å². The lowest BCUT2D eigenvalue weighted by Gasteiger charge is -2.27. The van der Waals surface area contributed by atoms with E-state index in [-0.39, 0.29) is 11.7 Å². The van der Waals surface area contributed by atoms with Gasteiger partial charge < -0.3 is 15.3 Å². The van der Waals surface area contributed by atoms with E-state index in [2.05, 4.69) is 37.3 Å². The first-order valence-corrected chi connectivity index (χ1v) is 9.57. The summed E-state index contributed by atoms with van der Waals surface area (Å²) in [6.07, 6.45) is 3.12. The van der Waals surface area contributed by atoms with Gasteiger partial charge in [-0.05, 0) is 52.7 Å². The summed E-state index contributed by atoms with van der Waals surface area (Å²) in [5.41, 5.74) is 3.45. The number of pyridine rings is 1. The largest absolute Gasteiger partial charge is 0.507 e. The Morgan fingerprint density at radius 1 is 1.36 bits per heavy atom. The number of fused-ring (bicyclic) bond motifs is 3. The number of amides is 1. The van der Waals surface area contributed by atoms with Crippen molar-refractivity contribution in [3.05, 3.63) is 57.7 Å². The van der Waals surface area contributed by atoms with E-state index < -0.39 is 0 Å². The standard InChI is InChI=1S/C20H18BrN5O2/c1-11-7-14-19(15(21)8-11)25-18(26-6-5-22-20(14)26)9-16(28)13-3-4-17(23-10-13)24-12(2)27/h3-4,7-10,28H,5-6H2,1-2H3,(H,23,24,27)/b16-9-. The zero-order valence-electron chi connectivity index (χ0n) is 15.4. The van der Waals surface area contributed by atoms with Crippen molar-refractivity contribution in [1.82, 2.24) is 9.88 Å². The summed E-state index contributed by atoms with van der Waals surface area (Å²) >= 11 is 3.59. The molecule has 28 heavy (non-hydrogen) atoms. The van der Waals surface area contributed by atoms with Crippen LogP contribution in [-0.4, -0.2) is 45.7 Å². The SMILES string of the molecule is CC(=O)Nc1ccc(/C(O)=C/C2=Nc3c(Br)cc(C)cc3C3=NCCN23)cn1. The Kier molecular flexibility index (Phi) is 4.72. The van der Waals surface area contributed by atoms with E-state index in [9.17, 15) is 9.90 Å². The van der Waals surface area contributed by atoms with Crippen LogP contribution in [0.5, 0.6) is 0 Å². The molecule has 0 spiro atoms. The second-order valence-electron chi connectivity index (χ2n) is 6.61. The van der Waals surface area contributed by atoms with Gasteiger partial charge in [-0.2, -0.15) is 0 Å². The number of hydrogen-bond acceptors (Lipinski definition) is 6. The molecule has 0 unspecified atom stereocenters. The number of aromatic nitrogens is 1. The maximum atomic E-state index is 11.1. The van der Waals surface area contributed by atoms with Crippen LogP contribution in [0.15, 0.2) is 51.0 Å². The lowest BCUT2D eigenvalue weighted by molar-refractivity contribution is -0.114. The first-order valence-electron chi connectivity index (χ1n) is 8.78. The summed E-state index contributed by atoms with van der Waals surface area (Å²) < 4.78 is 0.892. The molecule has 0 saturated carbocycles. The third-order valence-corrected chi connectivity index (χ3v) is 5.03. The molecule has 1 aromatic heterocycles. The molecule has 1 aromatic carbocycles. The maximum absolute atomic E-state index is 11.1. The number of aliphatic hydroxyl groups is 1. The number of aryl methyl sites for hydroxylation is 1. The number of aliphatic imine (C=N–C) groups is 2. The van der Waals surface area contributed by atoms with Gasteiger partial charge in [0.2, 0.25) is 5.91 Å². The van der Waals surface area contributed by atoms with E-state index in [0.717, 1.165) is 27.1 Å². The predicted octanol–water partition coefficient (Wildman–Crippen LogP) is 3.82. The number of amidine groups is 2. The van der Waals surface area contributed by atoms with Crippen LogP contribution in [-0.2, 0) is 4.79 Å². The number of carbonyl (C=O) groups excluding carboxylic acids is 1. The highest BCUT2D eigenvalue weighted by atomic mass is 79.9. The zero-order chi connectivity index (χ0) is 19.8. The molecule has 1 amide bonds. The van der Waals surface area contributed by atoms with Crippen molar-refractivity contribution in [1.29, 1.82) is 0 Å². The monoisotopic (exact) mass is 439 g/mol. The smallest absolute Gasteiger partial charge is 0.222 e. The number of hydrogen-bond donors (Lipinski definition) is 2. The van der Waals surface area contributed by atoms with Crippen LogP contribution in [0, 0.1) is 6.92 Å². The first-order chi connectivity index (χ1) is 13.4. The average molecular weight is 440 g/mol. The van der Waals surface area contributed by atoms with Crippen LogP contribution in [0.25, 0.3) is 5.76 Å². The second-order valence-corrected chi connectivity index (χ2v) is 7.47. The van der Waals surface area contributed by atoms with Gasteiger partial charge >= 0.3 is 0 Å². The molecule has 2 aliphatic heterocycles. The Morgan fingerprint density at radius 2 is 2.18 bits per heavy atom. The predicted molar refractivity (Wildman–Crippen MR) is 113 cm³/mol. The Hall–Kier alpha value is -3.00. The summed E-state index contributed by atoms with van der Waals surface area (Å²) in [6, 6.07) is 7.42. The minimum Gasteiger partial charge on any atom is -0.507 e. The molecule has 0 aliphatic carbocycles. The van der Waals surface area contributed by atoms with Crippen molar-refractivity contribution < 1.29 is 9.90 Å². The van der Waals surface area contributed by atoms with Crippen LogP contribution >= 0.6 is 15.9 Å². The summed E-state index contributed by atoms with van der Waals surface area (Å²) in [5.74, 6) is 1.76. The number of nitrogens with zero attached hydrogens (tertiary/aromatic N) is 4. The van der Waals surface area contributed by atoms with E-state index in [0.29, 0.717) is 30.3 Å². The number of rotatable bonds is 3. The molecule has 4 rings (SSSR count). The van der Waals surface area contributed by atoms with Crippen LogP contribution in [0.4, 0.5) is 11.5 Å². The van der Waals surface area contributed by atoms with E-state index in [1.165, 1.54) is 13.1 Å². The highest BCUT2D eigenvalue weighted by Gasteiger charge is 2.30. The average Bonchev–Trinajstić information content (AvgIpc) is 3.13. The molecule has 142 valence electrons. The topological polar surface area (TPSA) is 90.2 Å². The van der Waals surface area contributed by atoms with E-state index in [1.807, 2.05) is 17.9 Å². The summed E-state index contributed by atoms with van der Waals surface area (Å²) in [7, 11) is 0. The highest BCUT2D eigenvalue weighted by molar-refractivity contribution is 9.10. The van der Waals surface area contributed by atoms with Crippen molar-refractivity contribution in [3.8, 4) is 0 Å². The van der Waals surface area contributed by atoms with Gasteiger partial charge in [-0.3, -0.25) is 9.79 Å². The van der Waals surface area contributed by atoms with Crippen LogP contribution in [0.2, 0.25) is 0 Å². The summed E-state index contributed by atoms with van der Waals surface area (Å²) in [6.45, 7) is 4.85. The zero-order valence-corrected chi connectivity index (χ0v) is 17.0. The van der Waals surface area contributed by atoms with Crippen molar-refractivity contribution in [2.45, 2.75) is 13.8 Å². The maximum Gasteiger partial charge on any atom is 0.222 e. The number of benzene rings is 1. The minimum atomic E-state index is -0.197. The third-order valence-electron chi connectivity index (χ3n) is 4.42. The molecule has 8 heteroatoms. The fourth-order valence-electron chi connectivity index (χ4n) is 3.21. The number of aliphatic hydroxyl groups excluding tert-OH is 1. The van der Waals surface area contributed by atoms with Crippen LogP contribution in [0.3, 0.4) is 0 Å². The van der Waals surface area contributed by atoms with E-state index >= 15 is 0 Å². The van der Waals surface area contributed by atoms with Crippen molar-refractivity contribution >= 4 is 50.8 Å². The Balaban J connectivity index is 1.71. The molecule has 0 radical (unpaired) electrons. The van der Waals surface area contributed by atoms with Gasteiger partial charge in [0.25, 0.3) is 0 Å². The van der Waals surface area contributed by atoms with Crippen molar-refractivity contribution in [3.63, 3.8) is 0 Å². The number of anilines is 1. The van der Waals surface area contributed by atoms with Gasteiger partial charge in [0, 0.05) is 41.3 Å². The van der Waals surface area contributed by atoms with Gasteiger partial charge in [-0.1, -0.05) is 0 Å². The molecule has 2 aromatic rings. The molecule has 2 aliphatic rings. The van der Waals surface area contributed by atoms with Gasteiger partial charge in [0.05, 0.1) is 12.2 Å². The number of halogens is 1. The molecular formula is C20H18BrN5O2. The fourth-order valence-corrected chi connectivity index (χ4v) is 3.87. The van der Waals surface area contributed by atoms with Crippen molar-refractivity contribution in [2.75, 3.05) is 18.4 Å². The Labute approximate surface area is 170 Å². The molecule has 3 heterocycles. The molecule has 0 atom stereocenters. The molecule has 0 saturated heterocycles. The fraction of sp³-hybridized carbons (Fsp3) is 0.200. The lowest BCUT2D eigenvalue weighted by Crippen LogP contribution is -2.36. The minimum absolute atomic E-state index is 0.0403. The van der Waals surface area contributed by atoms with Crippen LogP contribution < -0.4 is 5.32 Å².